The van der Waals surface area contributed by atoms with Gasteiger partial charge in [-0.1, -0.05) is 0 Å². The van der Waals surface area contributed by atoms with E-state index in [-0.39, 0.29) is 11.1 Å². The highest BCUT2D eigenvalue weighted by Crippen LogP contribution is 2.33. The van der Waals surface area contributed by atoms with E-state index in [0.29, 0.717) is 15.4 Å². The molecule has 2 nitrogen and oxygen atoms in total. The molecule has 1 N–H and O–H groups in total. The van der Waals surface area contributed by atoms with Crippen LogP contribution in [-0.2, 0) is 6.61 Å². The van der Waals surface area contributed by atoms with Crippen molar-refractivity contribution in [2.75, 3.05) is 0 Å². The van der Waals surface area contributed by atoms with Gasteiger partial charge in [-0.05, 0) is 28.1 Å². The van der Waals surface area contributed by atoms with E-state index in [0.717, 1.165) is 6.07 Å². The number of rotatable bonds is 2. The summed E-state index contributed by atoms with van der Waals surface area (Å²) in [5.74, 6) is -1.84. The Labute approximate surface area is 103 Å². The van der Waals surface area contributed by atoms with Crippen molar-refractivity contribution in [2.45, 2.75) is 6.61 Å². The Hall–Kier alpha value is -0.850. The van der Waals surface area contributed by atoms with Crippen molar-refractivity contribution in [1.82, 2.24) is 4.98 Å². The van der Waals surface area contributed by atoms with Crippen molar-refractivity contribution >= 4 is 27.3 Å². The average Bonchev–Trinajstić information content (AvgIpc) is 2.74. The van der Waals surface area contributed by atoms with E-state index in [1.165, 1.54) is 23.6 Å². The number of benzene rings is 1. The fraction of sp³-hybridized carbons (Fsp3) is 0.100. The third-order valence-electron chi connectivity index (χ3n) is 1.97. The molecule has 0 saturated carbocycles. The second-order valence-electron chi connectivity index (χ2n) is 3.01. The topological polar surface area (TPSA) is 33.1 Å². The number of hydrogen-bond donors (Lipinski definition) is 1. The molecular weight excluding hydrogens is 300 g/mol. The average molecular weight is 306 g/mol. The molecule has 1 heterocycles. The van der Waals surface area contributed by atoms with Crippen molar-refractivity contribution in [2.24, 2.45) is 0 Å². The molecule has 0 unspecified atom stereocenters. The van der Waals surface area contributed by atoms with E-state index in [9.17, 15) is 8.78 Å². The number of aliphatic hydroxyl groups is 1. The van der Waals surface area contributed by atoms with Crippen molar-refractivity contribution < 1.29 is 13.9 Å². The van der Waals surface area contributed by atoms with Gasteiger partial charge in [-0.25, -0.2) is 13.8 Å². The minimum absolute atomic E-state index is 0.0475. The Kier molecular flexibility index (Phi) is 3.32. The third-order valence-corrected chi connectivity index (χ3v) is 3.77. The third kappa shape index (κ3) is 2.00. The zero-order valence-corrected chi connectivity index (χ0v) is 10.3. The molecule has 0 bridgehead atoms. The minimum Gasteiger partial charge on any atom is -0.391 e. The number of hydrogen-bond acceptors (Lipinski definition) is 3. The smallest absolute Gasteiger partial charge is 0.173 e. The lowest BCUT2D eigenvalue weighted by Gasteiger charge is -2.02. The van der Waals surface area contributed by atoms with Gasteiger partial charge >= 0.3 is 0 Å². The summed E-state index contributed by atoms with van der Waals surface area (Å²) in [7, 11) is 0. The zero-order valence-electron chi connectivity index (χ0n) is 7.88. The van der Waals surface area contributed by atoms with Crippen molar-refractivity contribution in [3.8, 4) is 10.6 Å². The van der Waals surface area contributed by atoms with Gasteiger partial charge in [-0.15, -0.1) is 11.3 Å². The standard InChI is InChI=1S/C10H6BrF2NOS/c11-8-6(1-2-7(12)9(8)13)10-14-3-5(4-15)16-10/h1-3,15H,4H2. The van der Waals surface area contributed by atoms with Crippen molar-refractivity contribution in [3.63, 3.8) is 0 Å². The Morgan fingerprint density at radius 3 is 2.75 bits per heavy atom. The quantitative estimate of drug-likeness (QED) is 0.863. The van der Waals surface area contributed by atoms with Crippen LogP contribution in [0.5, 0.6) is 0 Å². The van der Waals surface area contributed by atoms with Crippen molar-refractivity contribution in [1.29, 1.82) is 0 Å². The molecule has 0 aliphatic rings. The second kappa shape index (κ2) is 4.57. The van der Waals surface area contributed by atoms with Gasteiger partial charge in [0.2, 0.25) is 0 Å². The van der Waals surface area contributed by atoms with Gasteiger partial charge in [-0.3, -0.25) is 0 Å². The number of nitrogens with zero attached hydrogens (tertiary/aromatic N) is 1. The van der Waals surface area contributed by atoms with E-state index in [1.54, 1.807) is 0 Å². The van der Waals surface area contributed by atoms with Crippen LogP contribution in [-0.4, -0.2) is 10.1 Å². The fourth-order valence-corrected chi connectivity index (χ4v) is 2.64. The fourth-order valence-electron chi connectivity index (χ4n) is 1.20. The zero-order chi connectivity index (χ0) is 11.7. The van der Waals surface area contributed by atoms with Crippen LogP contribution in [0, 0.1) is 11.6 Å². The molecule has 84 valence electrons. The van der Waals surface area contributed by atoms with E-state index in [1.807, 2.05) is 0 Å². The molecule has 0 radical (unpaired) electrons. The summed E-state index contributed by atoms with van der Waals surface area (Å²) in [6.07, 6.45) is 1.51. The summed E-state index contributed by atoms with van der Waals surface area (Å²) in [6, 6.07) is 2.50. The summed E-state index contributed by atoms with van der Waals surface area (Å²) in [5, 5.41) is 9.43. The molecule has 0 aliphatic carbocycles. The van der Waals surface area contributed by atoms with Gasteiger partial charge in [0.25, 0.3) is 0 Å². The monoisotopic (exact) mass is 305 g/mol. The first-order valence-electron chi connectivity index (χ1n) is 4.33. The van der Waals surface area contributed by atoms with Gasteiger partial charge in [0.05, 0.1) is 16.0 Å². The SMILES string of the molecule is OCc1cnc(-c2ccc(F)c(F)c2Br)s1. The predicted octanol–water partition coefficient (Wildman–Crippen LogP) is 3.34. The maximum Gasteiger partial charge on any atom is 0.173 e. The van der Waals surface area contributed by atoms with Gasteiger partial charge in [-0.2, -0.15) is 0 Å². The Morgan fingerprint density at radius 1 is 1.38 bits per heavy atom. The summed E-state index contributed by atoms with van der Waals surface area (Å²) < 4.78 is 26.2. The summed E-state index contributed by atoms with van der Waals surface area (Å²) in [5.41, 5.74) is 0.476. The molecule has 0 amide bonds. The molecule has 0 spiro atoms. The molecule has 2 rings (SSSR count). The molecule has 0 aliphatic heterocycles. The maximum atomic E-state index is 13.3. The van der Waals surface area contributed by atoms with Crippen LogP contribution in [0.25, 0.3) is 10.6 Å². The van der Waals surface area contributed by atoms with Gasteiger partial charge in [0.1, 0.15) is 5.01 Å². The first kappa shape index (κ1) is 11.6. The molecule has 1 aromatic carbocycles. The van der Waals surface area contributed by atoms with Crippen LogP contribution in [0.3, 0.4) is 0 Å². The molecular formula is C10H6BrF2NOS. The highest BCUT2D eigenvalue weighted by molar-refractivity contribution is 9.10. The van der Waals surface area contributed by atoms with Crippen LogP contribution in [0.1, 0.15) is 4.88 Å². The first-order valence-corrected chi connectivity index (χ1v) is 5.94. The molecule has 16 heavy (non-hydrogen) atoms. The summed E-state index contributed by atoms with van der Waals surface area (Å²) in [4.78, 5) is 4.70. The number of halogens is 3. The first-order chi connectivity index (χ1) is 7.63. The molecule has 0 saturated heterocycles. The Bertz CT molecular complexity index is 530. The van der Waals surface area contributed by atoms with Crippen molar-refractivity contribution in [3.05, 3.63) is 39.3 Å². The van der Waals surface area contributed by atoms with E-state index >= 15 is 0 Å². The van der Waals surface area contributed by atoms with E-state index in [4.69, 9.17) is 5.11 Å². The minimum atomic E-state index is -0.932. The van der Waals surface area contributed by atoms with Crippen LogP contribution in [0.15, 0.2) is 22.8 Å². The number of thiazole rings is 1. The van der Waals surface area contributed by atoms with Crippen LogP contribution < -0.4 is 0 Å². The van der Waals surface area contributed by atoms with Gasteiger partial charge in [0.15, 0.2) is 11.6 Å². The summed E-state index contributed by atoms with van der Waals surface area (Å²) in [6.45, 7) is -0.112. The van der Waals surface area contributed by atoms with Crippen LogP contribution in [0.2, 0.25) is 0 Å². The predicted molar refractivity (Wildman–Crippen MR) is 61.1 cm³/mol. The Balaban J connectivity index is 2.52. The highest BCUT2D eigenvalue weighted by Gasteiger charge is 2.14. The van der Waals surface area contributed by atoms with E-state index < -0.39 is 11.6 Å². The molecule has 1 aromatic heterocycles. The van der Waals surface area contributed by atoms with Gasteiger partial charge < -0.3 is 5.11 Å². The number of aliphatic hydroxyl groups excluding tert-OH is 1. The second-order valence-corrected chi connectivity index (χ2v) is 4.92. The molecule has 0 atom stereocenters. The van der Waals surface area contributed by atoms with E-state index in [2.05, 4.69) is 20.9 Å². The lowest BCUT2D eigenvalue weighted by atomic mass is 10.2. The maximum absolute atomic E-state index is 13.3. The lowest BCUT2D eigenvalue weighted by molar-refractivity contribution is 0.285. The molecule has 0 fully saturated rings. The van der Waals surface area contributed by atoms with Gasteiger partial charge in [0, 0.05) is 11.8 Å². The molecule has 2 aromatic rings. The van der Waals surface area contributed by atoms with Crippen LogP contribution >= 0.6 is 27.3 Å². The normalized spacial score (nSPS) is 10.8. The highest BCUT2D eigenvalue weighted by atomic mass is 79.9. The van der Waals surface area contributed by atoms with Crippen LogP contribution in [0.4, 0.5) is 8.78 Å². The largest absolute Gasteiger partial charge is 0.391 e. The number of aromatic nitrogens is 1. The summed E-state index contributed by atoms with van der Waals surface area (Å²) >= 11 is 4.22. The Morgan fingerprint density at radius 2 is 2.12 bits per heavy atom. The molecule has 6 heteroatoms. The lowest BCUT2D eigenvalue weighted by Crippen LogP contribution is -1.88.